The van der Waals surface area contributed by atoms with Crippen LogP contribution in [0.15, 0.2) is 42.5 Å². The summed E-state index contributed by atoms with van der Waals surface area (Å²) in [5.74, 6) is -1.18. The number of nitrogens with one attached hydrogen (secondary N) is 1. The predicted octanol–water partition coefficient (Wildman–Crippen LogP) is 3.47. The molecule has 0 fully saturated rings. The zero-order valence-electron chi connectivity index (χ0n) is 11.3. The molecule has 6 heteroatoms. The third-order valence-electron chi connectivity index (χ3n) is 2.74. The topological polar surface area (TPSA) is 64.3 Å². The molecule has 0 spiro atoms. The fourth-order valence-corrected chi connectivity index (χ4v) is 1.85. The first-order valence-corrected chi connectivity index (χ1v) is 6.62. The van der Waals surface area contributed by atoms with Crippen LogP contribution in [-0.4, -0.2) is 12.0 Å². The highest BCUT2D eigenvalue weighted by Gasteiger charge is 2.17. The fraction of sp³-hybridized carbons (Fsp3) is 0.133. The number of carbonyl (C=O) groups is 1. The van der Waals surface area contributed by atoms with E-state index in [2.05, 4.69) is 5.32 Å². The molecular weight excluding hydrogens is 295 g/mol. The highest BCUT2D eigenvalue weighted by atomic mass is 35.5. The van der Waals surface area contributed by atoms with Gasteiger partial charge in [0, 0.05) is 11.4 Å². The molecule has 2 rings (SSSR count). The Morgan fingerprint density at radius 3 is 2.76 bits per heavy atom. The number of nitrogen functional groups attached to an aromatic ring is 1. The van der Waals surface area contributed by atoms with Gasteiger partial charge in [-0.1, -0.05) is 23.7 Å². The minimum atomic E-state index is -0.889. The number of amides is 1. The Labute approximate surface area is 126 Å². The Hall–Kier alpha value is -2.27. The summed E-state index contributed by atoms with van der Waals surface area (Å²) in [5, 5.41) is 2.58. The van der Waals surface area contributed by atoms with E-state index in [9.17, 15) is 9.18 Å². The molecule has 0 radical (unpaired) electrons. The minimum Gasteiger partial charge on any atom is -0.478 e. The molecule has 1 amide bonds. The quantitative estimate of drug-likeness (QED) is 0.850. The first-order chi connectivity index (χ1) is 9.97. The second kappa shape index (κ2) is 6.45. The van der Waals surface area contributed by atoms with Crippen molar-refractivity contribution in [1.82, 2.24) is 0 Å². The van der Waals surface area contributed by atoms with Crippen molar-refractivity contribution in [3.63, 3.8) is 0 Å². The third-order valence-corrected chi connectivity index (χ3v) is 3.04. The zero-order chi connectivity index (χ0) is 15.4. The number of halogens is 2. The molecule has 0 bridgehead atoms. The summed E-state index contributed by atoms with van der Waals surface area (Å²) in [7, 11) is 0. The van der Waals surface area contributed by atoms with Crippen molar-refractivity contribution >= 4 is 28.9 Å². The molecule has 110 valence electrons. The van der Waals surface area contributed by atoms with Crippen LogP contribution in [0.2, 0.25) is 5.02 Å². The number of hydrogen-bond donors (Lipinski definition) is 2. The van der Waals surface area contributed by atoms with Gasteiger partial charge in [0.15, 0.2) is 17.7 Å². The smallest absolute Gasteiger partial charge is 0.265 e. The molecule has 0 aliphatic heterocycles. The lowest BCUT2D eigenvalue weighted by Crippen LogP contribution is -2.30. The standard InChI is InChI=1S/C15H14ClFN2O2/c1-9(21-13-7-3-6-12(16)14(13)17)15(20)19-11-5-2-4-10(18)8-11/h2-9H,18H2,1H3,(H,19,20). The molecule has 0 aliphatic rings. The SMILES string of the molecule is CC(Oc1cccc(Cl)c1F)C(=O)Nc1cccc(N)c1. The Balaban J connectivity index is 2.04. The Morgan fingerprint density at radius 2 is 2.05 bits per heavy atom. The molecule has 4 nitrogen and oxygen atoms in total. The highest BCUT2D eigenvalue weighted by molar-refractivity contribution is 6.30. The van der Waals surface area contributed by atoms with Crippen LogP contribution in [0.1, 0.15) is 6.92 Å². The number of benzene rings is 2. The molecule has 2 aromatic rings. The summed E-state index contributed by atoms with van der Waals surface area (Å²) in [5.41, 5.74) is 6.70. The summed E-state index contributed by atoms with van der Waals surface area (Å²) >= 11 is 5.65. The third kappa shape index (κ3) is 3.86. The van der Waals surface area contributed by atoms with Crippen LogP contribution in [0, 0.1) is 5.82 Å². The molecule has 0 aromatic heterocycles. The molecular formula is C15H14ClFN2O2. The molecule has 0 heterocycles. The number of carbonyl (C=O) groups excluding carboxylic acids is 1. The van der Waals surface area contributed by atoms with Crippen LogP contribution in [0.4, 0.5) is 15.8 Å². The molecule has 21 heavy (non-hydrogen) atoms. The summed E-state index contributed by atoms with van der Waals surface area (Å²) in [4.78, 5) is 12.0. The van der Waals surface area contributed by atoms with E-state index in [-0.39, 0.29) is 10.8 Å². The highest BCUT2D eigenvalue weighted by Crippen LogP contribution is 2.25. The van der Waals surface area contributed by atoms with E-state index in [4.69, 9.17) is 22.1 Å². The van der Waals surface area contributed by atoms with Gasteiger partial charge in [-0.2, -0.15) is 0 Å². The van der Waals surface area contributed by atoms with Gasteiger partial charge in [0.05, 0.1) is 5.02 Å². The lowest BCUT2D eigenvalue weighted by Gasteiger charge is -2.15. The van der Waals surface area contributed by atoms with E-state index >= 15 is 0 Å². The monoisotopic (exact) mass is 308 g/mol. The zero-order valence-corrected chi connectivity index (χ0v) is 12.0. The van der Waals surface area contributed by atoms with Crippen LogP contribution in [0.25, 0.3) is 0 Å². The fourth-order valence-electron chi connectivity index (χ4n) is 1.68. The summed E-state index contributed by atoms with van der Waals surface area (Å²) in [6.45, 7) is 1.52. The molecule has 3 N–H and O–H groups in total. The van der Waals surface area contributed by atoms with Crippen molar-refractivity contribution in [2.75, 3.05) is 11.1 Å². The van der Waals surface area contributed by atoms with E-state index in [0.29, 0.717) is 11.4 Å². The maximum absolute atomic E-state index is 13.7. The van der Waals surface area contributed by atoms with Crippen molar-refractivity contribution in [2.45, 2.75) is 13.0 Å². The minimum absolute atomic E-state index is 0.0593. The van der Waals surface area contributed by atoms with Crippen LogP contribution < -0.4 is 15.8 Å². The van der Waals surface area contributed by atoms with Crippen molar-refractivity contribution < 1.29 is 13.9 Å². The summed E-state index contributed by atoms with van der Waals surface area (Å²) in [6.07, 6.45) is -0.889. The first kappa shape index (κ1) is 15.1. The molecule has 0 saturated heterocycles. The Kier molecular flexibility index (Phi) is 4.65. The molecule has 1 atom stereocenters. The number of hydrogen-bond acceptors (Lipinski definition) is 3. The van der Waals surface area contributed by atoms with E-state index in [0.717, 1.165) is 0 Å². The van der Waals surface area contributed by atoms with Crippen molar-refractivity contribution in [3.05, 3.63) is 53.3 Å². The number of anilines is 2. The van der Waals surface area contributed by atoms with E-state index in [1.807, 2.05) is 0 Å². The van der Waals surface area contributed by atoms with Gasteiger partial charge in [-0.15, -0.1) is 0 Å². The van der Waals surface area contributed by atoms with Crippen LogP contribution in [0.5, 0.6) is 5.75 Å². The second-order valence-electron chi connectivity index (χ2n) is 4.43. The van der Waals surface area contributed by atoms with Gasteiger partial charge in [-0.05, 0) is 37.3 Å². The van der Waals surface area contributed by atoms with Gasteiger partial charge in [0.25, 0.3) is 5.91 Å². The van der Waals surface area contributed by atoms with E-state index in [1.165, 1.54) is 19.1 Å². The van der Waals surface area contributed by atoms with Gasteiger partial charge < -0.3 is 15.8 Å². The van der Waals surface area contributed by atoms with Crippen molar-refractivity contribution in [3.8, 4) is 5.75 Å². The molecule has 1 unspecified atom stereocenters. The molecule has 0 aliphatic carbocycles. The van der Waals surface area contributed by atoms with Gasteiger partial charge in [-0.3, -0.25) is 4.79 Å². The summed E-state index contributed by atoms with van der Waals surface area (Å²) in [6, 6.07) is 11.1. The predicted molar refractivity (Wildman–Crippen MR) is 81.0 cm³/mol. The number of rotatable bonds is 4. The first-order valence-electron chi connectivity index (χ1n) is 6.24. The average Bonchev–Trinajstić information content (AvgIpc) is 2.44. The van der Waals surface area contributed by atoms with E-state index in [1.54, 1.807) is 30.3 Å². The lowest BCUT2D eigenvalue weighted by molar-refractivity contribution is -0.122. The van der Waals surface area contributed by atoms with Crippen LogP contribution in [-0.2, 0) is 4.79 Å². The van der Waals surface area contributed by atoms with Gasteiger partial charge in [0.2, 0.25) is 0 Å². The van der Waals surface area contributed by atoms with Crippen LogP contribution >= 0.6 is 11.6 Å². The number of ether oxygens (including phenoxy) is 1. The second-order valence-corrected chi connectivity index (χ2v) is 4.83. The van der Waals surface area contributed by atoms with Gasteiger partial charge in [0.1, 0.15) is 0 Å². The maximum Gasteiger partial charge on any atom is 0.265 e. The van der Waals surface area contributed by atoms with Crippen LogP contribution in [0.3, 0.4) is 0 Å². The lowest BCUT2D eigenvalue weighted by atomic mass is 10.2. The molecule has 0 saturated carbocycles. The maximum atomic E-state index is 13.7. The number of nitrogens with two attached hydrogens (primary N) is 1. The van der Waals surface area contributed by atoms with Crippen molar-refractivity contribution in [2.24, 2.45) is 0 Å². The molecule has 2 aromatic carbocycles. The largest absolute Gasteiger partial charge is 0.478 e. The van der Waals surface area contributed by atoms with Gasteiger partial charge >= 0.3 is 0 Å². The van der Waals surface area contributed by atoms with E-state index < -0.39 is 17.8 Å². The normalized spacial score (nSPS) is 11.8. The average molecular weight is 309 g/mol. The Morgan fingerprint density at radius 1 is 1.33 bits per heavy atom. The summed E-state index contributed by atoms with van der Waals surface area (Å²) < 4.78 is 19.0. The van der Waals surface area contributed by atoms with Crippen molar-refractivity contribution in [1.29, 1.82) is 0 Å². The van der Waals surface area contributed by atoms with Gasteiger partial charge in [-0.25, -0.2) is 4.39 Å². The Bertz CT molecular complexity index is 664.